The zero-order chi connectivity index (χ0) is 17.6. The molecule has 3 aromatic rings. The molecule has 0 fully saturated rings. The summed E-state index contributed by atoms with van der Waals surface area (Å²) < 4.78 is 0. The van der Waals surface area contributed by atoms with Gasteiger partial charge in [-0.3, -0.25) is 0 Å². The lowest BCUT2D eigenvalue weighted by molar-refractivity contribution is 0.983. The lowest BCUT2D eigenvalue weighted by Crippen LogP contribution is -2.09. The number of hydrogen-bond donors (Lipinski definition) is 2. The summed E-state index contributed by atoms with van der Waals surface area (Å²) in [7, 11) is 1.74. The molecule has 3 rings (SSSR count). The van der Waals surface area contributed by atoms with Crippen LogP contribution in [0.5, 0.6) is 0 Å². The first-order valence-electron chi connectivity index (χ1n) is 7.90. The van der Waals surface area contributed by atoms with Crippen molar-refractivity contribution in [2.24, 2.45) is 0 Å². The third-order valence-corrected chi connectivity index (χ3v) is 4.66. The average Bonchev–Trinajstić information content (AvgIpc) is 3.08. The summed E-state index contributed by atoms with van der Waals surface area (Å²) in [6.45, 7) is 2.73. The van der Waals surface area contributed by atoms with Gasteiger partial charge in [0, 0.05) is 19.8 Å². The van der Waals surface area contributed by atoms with Gasteiger partial charge in [0.05, 0.1) is 16.1 Å². The van der Waals surface area contributed by atoms with Crippen LogP contribution in [0.15, 0.2) is 36.7 Å². The number of nitrogens with one attached hydrogen (secondary N) is 2. The topological polar surface area (TPSA) is 86.5 Å². The van der Waals surface area contributed by atoms with Gasteiger partial charge in [-0.05, 0) is 24.5 Å². The van der Waals surface area contributed by atoms with Crippen molar-refractivity contribution in [1.29, 1.82) is 5.26 Å². The molecular formula is C18H18N6S. The largest absolute Gasteiger partial charge is 0.372 e. The van der Waals surface area contributed by atoms with Crippen LogP contribution in [0.1, 0.15) is 16.1 Å². The number of hydrogen-bond acceptors (Lipinski definition) is 7. The molecule has 2 heterocycles. The molecule has 126 valence electrons. The number of nitriles is 1. The van der Waals surface area contributed by atoms with E-state index in [1.54, 1.807) is 18.4 Å². The minimum atomic E-state index is 0.432. The van der Waals surface area contributed by atoms with Gasteiger partial charge in [0.25, 0.3) is 0 Å². The zero-order valence-corrected chi connectivity index (χ0v) is 14.9. The molecule has 2 N–H and O–H groups in total. The van der Waals surface area contributed by atoms with Gasteiger partial charge in [-0.1, -0.05) is 24.3 Å². The molecule has 0 amide bonds. The van der Waals surface area contributed by atoms with Crippen LogP contribution in [0.2, 0.25) is 0 Å². The van der Waals surface area contributed by atoms with Crippen LogP contribution in [0.25, 0.3) is 10.4 Å². The Balaban J connectivity index is 1.58. The van der Waals surface area contributed by atoms with Crippen LogP contribution < -0.4 is 10.6 Å². The Kier molecular flexibility index (Phi) is 5.21. The van der Waals surface area contributed by atoms with Crippen molar-refractivity contribution in [2.75, 3.05) is 24.2 Å². The molecule has 1 aromatic carbocycles. The van der Waals surface area contributed by atoms with Crippen molar-refractivity contribution in [1.82, 2.24) is 15.0 Å². The predicted molar refractivity (Wildman–Crippen MR) is 101 cm³/mol. The first-order valence-corrected chi connectivity index (χ1v) is 8.72. The average molecular weight is 350 g/mol. The van der Waals surface area contributed by atoms with E-state index in [0.29, 0.717) is 23.9 Å². The summed E-state index contributed by atoms with van der Waals surface area (Å²) in [6, 6.07) is 10.6. The van der Waals surface area contributed by atoms with Gasteiger partial charge < -0.3 is 10.6 Å². The third-order valence-electron chi connectivity index (χ3n) is 3.70. The van der Waals surface area contributed by atoms with Gasteiger partial charge in [-0.25, -0.2) is 9.97 Å². The second-order valence-corrected chi connectivity index (χ2v) is 6.67. The number of benzene rings is 1. The molecule has 0 unspecified atom stereocenters. The van der Waals surface area contributed by atoms with Crippen LogP contribution in [0.4, 0.5) is 11.8 Å². The van der Waals surface area contributed by atoms with Gasteiger partial charge in [-0.2, -0.15) is 10.2 Å². The first kappa shape index (κ1) is 16.9. The Morgan fingerprint density at radius 2 is 1.96 bits per heavy atom. The van der Waals surface area contributed by atoms with Crippen LogP contribution in [-0.4, -0.2) is 28.5 Å². The smallest absolute Gasteiger partial charge is 0.224 e. The van der Waals surface area contributed by atoms with E-state index >= 15 is 0 Å². The highest BCUT2D eigenvalue weighted by Gasteiger charge is 2.05. The van der Waals surface area contributed by atoms with Crippen molar-refractivity contribution < 1.29 is 0 Å². The summed E-state index contributed by atoms with van der Waals surface area (Å²) in [5.74, 6) is 1.05. The van der Waals surface area contributed by atoms with Crippen molar-refractivity contribution in [2.45, 2.75) is 13.3 Å². The Morgan fingerprint density at radius 1 is 1.16 bits per heavy atom. The zero-order valence-electron chi connectivity index (χ0n) is 14.1. The standard InChI is InChI=1S/C18H18N6S/c1-12-22-11-16(25-12)14-5-3-13(4-6-14)7-8-21-18-23-10-15(9-19)17(20-2)24-18/h3-6,10-11H,7-8H2,1-2H3,(H2,20,21,23,24). The number of rotatable bonds is 6. The van der Waals surface area contributed by atoms with Crippen LogP contribution >= 0.6 is 11.3 Å². The van der Waals surface area contributed by atoms with Crippen molar-refractivity contribution in [3.8, 4) is 16.5 Å². The summed E-state index contributed by atoms with van der Waals surface area (Å²) in [5, 5.41) is 16.1. The highest BCUT2D eigenvalue weighted by Crippen LogP contribution is 2.25. The normalized spacial score (nSPS) is 10.3. The Labute approximate surface area is 150 Å². The molecule has 7 heteroatoms. The molecule has 0 aliphatic carbocycles. The minimum absolute atomic E-state index is 0.432. The number of thiazole rings is 1. The Bertz CT molecular complexity index is 895. The SMILES string of the molecule is CNc1nc(NCCc2ccc(-c3cnc(C)s3)cc2)ncc1C#N. The number of aryl methyl sites for hydroxylation is 1. The minimum Gasteiger partial charge on any atom is -0.372 e. The molecule has 0 spiro atoms. The van der Waals surface area contributed by atoms with Gasteiger partial charge in [0.2, 0.25) is 5.95 Å². The molecule has 0 bridgehead atoms. The molecule has 0 aliphatic rings. The summed E-state index contributed by atoms with van der Waals surface area (Å²) >= 11 is 1.70. The maximum Gasteiger partial charge on any atom is 0.224 e. The van der Waals surface area contributed by atoms with E-state index in [4.69, 9.17) is 5.26 Å². The molecule has 0 saturated heterocycles. The fourth-order valence-electron chi connectivity index (χ4n) is 2.39. The second kappa shape index (κ2) is 7.73. The molecule has 0 radical (unpaired) electrons. The van der Waals surface area contributed by atoms with Crippen molar-refractivity contribution in [3.05, 3.63) is 52.8 Å². The fourth-order valence-corrected chi connectivity index (χ4v) is 3.17. The van der Waals surface area contributed by atoms with Crippen molar-refractivity contribution >= 4 is 23.1 Å². The molecule has 25 heavy (non-hydrogen) atoms. The molecule has 0 aliphatic heterocycles. The Hall–Kier alpha value is -2.98. The lowest BCUT2D eigenvalue weighted by atomic mass is 10.1. The quantitative estimate of drug-likeness (QED) is 0.708. The number of nitrogens with zero attached hydrogens (tertiary/aromatic N) is 4. The van der Waals surface area contributed by atoms with Gasteiger partial charge in [0.15, 0.2) is 0 Å². The highest BCUT2D eigenvalue weighted by molar-refractivity contribution is 7.15. The van der Waals surface area contributed by atoms with Crippen LogP contribution in [0.3, 0.4) is 0 Å². The molecular weight excluding hydrogens is 332 g/mol. The maximum absolute atomic E-state index is 8.98. The molecule has 6 nitrogen and oxygen atoms in total. The predicted octanol–water partition coefficient (Wildman–Crippen LogP) is 3.48. The van der Waals surface area contributed by atoms with E-state index in [1.165, 1.54) is 22.2 Å². The Morgan fingerprint density at radius 3 is 2.60 bits per heavy atom. The maximum atomic E-state index is 8.98. The van der Waals surface area contributed by atoms with Gasteiger partial charge >= 0.3 is 0 Å². The summed E-state index contributed by atoms with van der Waals surface area (Å²) in [4.78, 5) is 13.9. The molecule has 0 saturated carbocycles. The van der Waals surface area contributed by atoms with Crippen LogP contribution in [-0.2, 0) is 6.42 Å². The van der Waals surface area contributed by atoms with E-state index in [0.717, 1.165) is 11.4 Å². The monoisotopic (exact) mass is 350 g/mol. The highest BCUT2D eigenvalue weighted by atomic mass is 32.1. The first-order chi connectivity index (χ1) is 12.2. The van der Waals surface area contributed by atoms with E-state index in [1.807, 2.05) is 13.1 Å². The molecule has 0 atom stereocenters. The number of aromatic nitrogens is 3. The lowest BCUT2D eigenvalue weighted by Gasteiger charge is -2.08. The van der Waals surface area contributed by atoms with E-state index in [2.05, 4.69) is 55.9 Å². The summed E-state index contributed by atoms with van der Waals surface area (Å²) in [5.41, 5.74) is 2.86. The third kappa shape index (κ3) is 4.11. The van der Waals surface area contributed by atoms with E-state index in [9.17, 15) is 0 Å². The number of anilines is 2. The molecule has 2 aromatic heterocycles. The van der Waals surface area contributed by atoms with Gasteiger partial charge in [-0.15, -0.1) is 11.3 Å². The van der Waals surface area contributed by atoms with Gasteiger partial charge in [0.1, 0.15) is 17.5 Å². The summed E-state index contributed by atoms with van der Waals surface area (Å²) in [6.07, 6.45) is 4.30. The second-order valence-electron chi connectivity index (χ2n) is 5.43. The van der Waals surface area contributed by atoms with Crippen molar-refractivity contribution in [3.63, 3.8) is 0 Å². The van der Waals surface area contributed by atoms with E-state index < -0.39 is 0 Å². The fraction of sp³-hybridized carbons (Fsp3) is 0.222. The van der Waals surface area contributed by atoms with E-state index in [-0.39, 0.29) is 0 Å². The van der Waals surface area contributed by atoms with Crippen LogP contribution in [0, 0.1) is 18.3 Å².